The van der Waals surface area contributed by atoms with Crippen molar-refractivity contribution in [3.05, 3.63) is 0 Å². The average molecular weight is 158 g/mol. The summed E-state index contributed by atoms with van der Waals surface area (Å²) in [6, 6.07) is 0. The van der Waals surface area contributed by atoms with Crippen molar-refractivity contribution in [3.63, 3.8) is 0 Å². The van der Waals surface area contributed by atoms with Gasteiger partial charge in [0.2, 0.25) is 0 Å². The fraction of sp³-hybridized carbons (Fsp3) is 0.889. The number of alkyl halides is 1. The summed E-state index contributed by atoms with van der Waals surface area (Å²) in [5, 5.41) is 0. The molecule has 0 spiro atoms. The van der Waals surface area contributed by atoms with Crippen LogP contribution in [0.25, 0.3) is 0 Å². The van der Waals surface area contributed by atoms with Gasteiger partial charge in [-0.25, -0.2) is 0 Å². The summed E-state index contributed by atoms with van der Waals surface area (Å²) in [4.78, 5) is 10.7. The molecule has 0 bridgehead atoms. The molecule has 0 amide bonds. The van der Waals surface area contributed by atoms with Crippen molar-refractivity contribution in [2.75, 3.05) is 6.67 Å². The van der Waals surface area contributed by atoms with Gasteiger partial charge < -0.3 is 4.79 Å². The Morgan fingerprint density at radius 1 is 1.55 bits per heavy atom. The Balaban J connectivity index is 2.46. The topological polar surface area (TPSA) is 17.1 Å². The molecule has 1 rings (SSSR count). The van der Waals surface area contributed by atoms with Crippen LogP contribution >= 0.6 is 0 Å². The van der Waals surface area contributed by atoms with Gasteiger partial charge >= 0.3 is 0 Å². The van der Waals surface area contributed by atoms with Crippen LogP contribution in [0.3, 0.4) is 0 Å². The van der Waals surface area contributed by atoms with E-state index in [1.807, 2.05) is 0 Å². The van der Waals surface area contributed by atoms with Crippen LogP contribution in [0, 0.1) is 10.8 Å². The first-order valence-corrected chi connectivity index (χ1v) is 4.10. The summed E-state index contributed by atoms with van der Waals surface area (Å²) in [6.45, 7) is 3.84. The number of hydrogen-bond acceptors (Lipinski definition) is 1. The minimum Gasteiger partial charge on any atom is -0.303 e. The predicted molar refractivity (Wildman–Crippen MR) is 42.1 cm³/mol. The summed E-state index contributed by atoms with van der Waals surface area (Å²) in [5.74, 6) is 0. The third-order valence-corrected chi connectivity index (χ3v) is 2.96. The van der Waals surface area contributed by atoms with Crippen molar-refractivity contribution in [2.24, 2.45) is 10.8 Å². The van der Waals surface area contributed by atoms with Crippen LogP contribution in [-0.2, 0) is 4.79 Å². The second-order valence-corrected chi connectivity index (χ2v) is 4.13. The second kappa shape index (κ2) is 2.58. The molecule has 0 aromatic rings. The summed E-state index contributed by atoms with van der Waals surface area (Å²) >= 11 is 0. The maximum atomic E-state index is 11.8. The molecule has 1 atom stereocenters. The van der Waals surface area contributed by atoms with Gasteiger partial charge in [-0.1, -0.05) is 13.8 Å². The fourth-order valence-electron chi connectivity index (χ4n) is 1.81. The molecule has 0 heterocycles. The van der Waals surface area contributed by atoms with E-state index in [9.17, 15) is 9.18 Å². The highest BCUT2D eigenvalue weighted by Crippen LogP contribution is 2.64. The molecule has 1 aliphatic rings. The Labute approximate surface area is 67.0 Å². The number of carbonyl (C=O) groups is 1. The molecule has 0 aliphatic heterocycles. The SMILES string of the molecule is CC1(C)CC1(C=O)CCCF. The van der Waals surface area contributed by atoms with Gasteiger partial charge in [-0.3, -0.25) is 4.39 Å². The van der Waals surface area contributed by atoms with Gasteiger partial charge in [0.15, 0.2) is 0 Å². The molecule has 0 radical (unpaired) electrons. The summed E-state index contributed by atoms with van der Waals surface area (Å²) in [6.07, 6.45) is 3.20. The Morgan fingerprint density at radius 2 is 2.09 bits per heavy atom. The molecule has 0 saturated heterocycles. The summed E-state index contributed by atoms with van der Waals surface area (Å²) in [7, 11) is 0. The zero-order valence-electron chi connectivity index (χ0n) is 7.19. The van der Waals surface area contributed by atoms with Crippen LogP contribution in [0.15, 0.2) is 0 Å². The molecular weight excluding hydrogens is 143 g/mol. The highest BCUT2D eigenvalue weighted by molar-refractivity contribution is 5.66. The van der Waals surface area contributed by atoms with E-state index >= 15 is 0 Å². The number of aldehydes is 1. The largest absolute Gasteiger partial charge is 0.303 e. The molecule has 64 valence electrons. The molecule has 1 saturated carbocycles. The number of carbonyl (C=O) groups excluding carboxylic acids is 1. The van der Waals surface area contributed by atoms with E-state index < -0.39 is 0 Å². The minimum absolute atomic E-state index is 0.129. The van der Waals surface area contributed by atoms with E-state index in [0.717, 1.165) is 19.1 Å². The molecule has 1 nitrogen and oxygen atoms in total. The summed E-state index contributed by atoms with van der Waals surface area (Å²) < 4.78 is 11.8. The van der Waals surface area contributed by atoms with Crippen LogP contribution in [0.2, 0.25) is 0 Å². The summed E-state index contributed by atoms with van der Waals surface area (Å²) in [5.41, 5.74) is -0.0526. The van der Waals surface area contributed by atoms with Crippen LogP contribution < -0.4 is 0 Å². The molecule has 1 unspecified atom stereocenters. The van der Waals surface area contributed by atoms with Gasteiger partial charge in [0, 0.05) is 5.41 Å². The lowest BCUT2D eigenvalue weighted by Gasteiger charge is -2.11. The van der Waals surface area contributed by atoms with E-state index in [1.54, 1.807) is 0 Å². The van der Waals surface area contributed by atoms with Gasteiger partial charge in [-0.15, -0.1) is 0 Å². The van der Waals surface area contributed by atoms with E-state index in [2.05, 4.69) is 13.8 Å². The standard InChI is InChI=1S/C9H15FO/c1-8(2)6-9(8,7-11)4-3-5-10/h7H,3-6H2,1-2H3. The van der Waals surface area contributed by atoms with Crippen molar-refractivity contribution in [3.8, 4) is 0 Å². The molecule has 1 fully saturated rings. The minimum atomic E-state index is -0.300. The van der Waals surface area contributed by atoms with Gasteiger partial charge in [-0.05, 0) is 24.7 Å². The Bertz CT molecular complexity index is 165. The van der Waals surface area contributed by atoms with E-state index in [0.29, 0.717) is 6.42 Å². The van der Waals surface area contributed by atoms with E-state index in [4.69, 9.17) is 0 Å². The first-order valence-electron chi connectivity index (χ1n) is 4.10. The molecule has 11 heavy (non-hydrogen) atoms. The van der Waals surface area contributed by atoms with Gasteiger partial charge in [-0.2, -0.15) is 0 Å². The van der Waals surface area contributed by atoms with Crippen LogP contribution in [-0.4, -0.2) is 13.0 Å². The Morgan fingerprint density at radius 3 is 2.36 bits per heavy atom. The average Bonchev–Trinajstić information content (AvgIpc) is 2.50. The monoisotopic (exact) mass is 158 g/mol. The highest BCUT2D eigenvalue weighted by Gasteiger charge is 2.60. The molecule has 0 aromatic carbocycles. The number of rotatable bonds is 4. The Kier molecular flexibility index (Phi) is 2.04. The lowest BCUT2D eigenvalue weighted by molar-refractivity contribution is -0.113. The van der Waals surface area contributed by atoms with Crippen molar-refractivity contribution in [1.82, 2.24) is 0 Å². The van der Waals surface area contributed by atoms with Gasteiger partial charge in [0.05, 0.1) is 6.67 Å². The number of hydrogen-bond donors (Lipinski definition) is 0. The van der Waals surface area contributed by atoms with Gasteiger partial charge in [0.25, 0.3) is 0 Å². The van der Waals surface area contributed by atoms with Crippen molar-refractivity contribution in [2.45, 2.75) is 33.1 Å². The number of halogens is 1. The maximum absolute atomic E-state index is 11.8. The van der Waals surface area contributed by atoms with E-state index in [-0.39, 0.29) is 17.5 Å². The lowest BCUT2D eigenvalue weighted by Crippen LogP contribution is -2.10. The fourth-order valence-corrected chi connectivity index (χ4v) is 1.81. The van der Waals surface area contributed by atoms with Crippen molar-refractivity contribution in [1.29, 1.82) is 0 Å². The first kappa shape index (κ1) is 8.69. The predicted octanol–water partition coefficient (Wildman–Crippen LogP) is 2.35. The van der Waals surface area contributed by atoms with Gasteiger partial charge in [0.1, 0.15) is 6.29 Å². The Hall–Kier alpha value is -0.400. The van der Waals surface area contributed by atoms with Crippen molar-refractivity contribution >= 4 is 6.29 Å². The third-order valence-electron chi connectivity index (χ3n) is 2.96. The second-order valence-electron chi connectivity index (χ2n) is 4.13. The zero-order valence-corrected chi connectivity index (χ0v) is 7.19. The zero-order chi connectivity index (χ0) is 8.54. The lowest BCUT2D eigenvalue weighted by atomic mass is 9.93. The van der Waals surface area contributed by atoms with E-state index in [1.165, 1.54) is 0 Å². The molecular formula is C9H15FO. The smallest absolute Gasteiger partial charge is 0.126 e. The molecule has 0 N–H and O–H groups in total. The third kappa shape index (κ3) is 1.31. The quantitative estimate of drug-likeness (QED) is 0.574. The van der Waals surface area contributed by atoms with Crippen LogP contribution in [0.5, 0.6) is 0 Å². The normalized spacial score (nSPS) is 33.4. The maximum Gasteiger partial charge on any atom is 0.126 e. The first-order chi connectivity index (χ1) is 5.08. The molecule has 1 aliphatic carbocycles. The van der Waals surface area contributed by atoms with Crippen LogP contribution in [0.1, 0.15) is 33.1 Å². The van der Waals surface area contributed by atoms with Crippen LogP contribution in [0.4, 0.5) is 4.39 Å². The molecule has 2 heteroatoms. The molecule has 0 aromatic heterocycles. The highest BCUT2D eigenvalue weighted by atomic mass is 19.1. The van der Waals surface area contributed by atoms with Crippen molar-refractivity contribution < 1.29 is 9.18 Å².